The van der Waals surface area contributed by atoms with Gasteiger partial charge in [0, 0.05) is 39.0 Å². The molecule has 6 aromatic rings. The van der Waals surface area contributed by atoms with Crippen molar-refractivity contribution in [3.8, 4) is 5.69 Å². The lowest BCUT2D eigenvalue weighted by Crippen LogP contribution is -2.60. The molecule has 0 bridgehead atoms. The third kappa shape index (κ3) is 4.09. The summed E-state index contributed by atoms with van der Waals surface area (Å²) in [5.41, 5.74) is 16.1. The lowest BCUT2D eigenvalue weighted by Gasteiger charge is -2.42. The van der Waals surface area contributed by atoms with Gasteiger partial charge in [-0.25, -0.2) is 0 Å². The molecule has 0 radical (unpaired) electrons. The van der Waals surface area contributed by atoms with Gasteiger partial charge in [0.15, 0.2) is 0 Å². The Balaban J connectivity index is 1.54. The minimum Gasteiger partial charge on any atom is -0.311 e. The lowest BCUT2D eigenvalue weighted by atomic mass is 9.33. The first-order valence-corrected chi connectivity index (χ1v) is 16.5. The molecule has 2 aliphatic heterocycles. The van der Waals surface area contributed by atoms with Gasteiger partial charge in [0.2, 0.25) is 0 Å². The van der Waals surface area contributed by atoms with Crippen LogP contribution in [0.1, 0.15) is 79.0 Å². The van der Waals surface area contributed by atoms with Crippen LogP contribution in [0.3, 0.4) is 0 Å². The van der Waals surface area contributed by atoms with E-state index in [9.17, 15) is 0 Å². The highest BCUT2D eigenvalue weighted by atomic mass is 15.2. The summed E-state index contributed by atoms with van der Waals surface area (Å²) in [6, 6.07) is 37.5. The van der Waals surface area contributed by atoms with Crippen molar-refractivity contribution in [1.29, 1.82) is 0 Å². The van der Waals surface area contributed by atoms with Crippen LogP contribution in [0, 0.1) is 0 Å². The highest BCUT2D eigenvalue weighted by molar-refractivity contribution is 7.00. The molecule has 8 rings (SSSR count). The van der Waals surface area contributed by atoms with Gasteiger partial charge in [-0.1, -0.05) is 123 Å². The van der Waals surface area contributed by atoms with E-state index >= 15 is 0 Å². The zero-order valence-electron chi connectivity index (χ0n) is 28.2. The molecular weight excluding hydrogens is 543 g/mol. The predicted molar refractivity (Wildman–Crippen MR) is 196 cm³/mol. The van der Waals surface area contributed by atoms with E-state index in [1.807, 2.05) is 0 Å². The summed E-state index contributed by atoms with van der Waals surface area (Å²) < 4.78 is 2.57. The maximum absolute atomic E-state index is 2.57. The Morgan fingerprint density at radius 1 is 0.489 bits per heavy atom. The van der Waals surface area contributed by atoms with E-state index < -0.39 is 0 Å². The molecule has 3 heteroatoms. The van der Waals surface area contributed by atoms with E-state index in [-0.39, 0.29) is 23.0 Å². The SMILES string of the molecule is CC(C)(C)c1ccc(N2c3ccc(C(C)(C)C)cc3B3c4c2cc(C(C)(C)C)cc4-n2c4ccccc4c4cccc3c42)cc1. The third-order valence-electron chi connectivity index (χ3n) is 10.2. The first kappa shape index (κ1) is 28.3. The van der Waals surface area contributed by atoms with Crippen molar-refractivity contribution in [2.24, 2.45) is 0 Å². The standard InChI is InChI=1S/C42H43BN2/c1-40(2,3)26-17-20-29(21-18-26)44-35-22-19-27(41(4,5)6)23-33(35)43-32-15-12-14-31-30-13-10-11-16-34(30)45(39(31)32)37-25-28(42(7,8)9)24-36(44)38(37)43/h10-25H,1-9H3. The van der Waals surface area contributed by atoms with Crippen molar-refractivity contribution in [2.45, 2.75) is 78.6 Å². The van der Waals surface area contributed by atoms with Crippen LogP contribution in [0.25, 0.3) is 27.5 Å². The summed E-state index contributed by atoms with van der Waals surface area (Å²) in [6.07, 6.45) is 0. The van der Waals surface area contributed by atoms with Crippen LogP contribution >= 0.6 is 0 Å². The van der Waals surface area contributed by atoms with Crippen LogP contribution in [0.2, 0.25) is 0 Å². The van der Waals surface area contributed by atoms with Crippen LogP contribution < -0.4 is 21.3 Å². The average molecular weight is 587 g/mol. The van der Waals surface area contributed by atoms with Crippen LogP contribution in [0.4, 0.5) is 17.1 Å². The molecule has 0 fully saturated rings. The molecule has 0 amide bonds. The van der Waals surface area contributed by atoms with Gasteiger partial charge in [0.1, 0.15) is 0 Å². The Kier molecular flexibility index (Phi) is 5.75. The number of hydrogen-bond donors (Lipinski definition) is 0. The zero-order chi connectivity index (χ0) is 31.6. The Morgan fingerprint density at radius 3 is 1.80 bits per heavy atom. The van der Waals surface area contributed by atoms with E-state index in [4.69, 9.17) is 0 Å². The van der Waals surface area contributed by atoms with E-state index in [0.29, 0.717) is 0 Å². The molecule has 224 valence electrons. The number of anilines is 3. The second-order valence-electron chi connectivity index (χ2n) is 16.4. The smallest absolute Gasteiger partial charge is 0.252 e. The summed E-state index contributed by atoms with van der Waals surface area (Å²) in [7, 11) is 0. The number of nitrogens with zero attached hydrogens (tertiary/aromatic N) is 2. The normalized spacial score (nSPS) is 14.2. The predicted octanol–water partition coefficient (Wildman–Crippen LogP) is 9.29. The van der Waals surface area contributed by atoms with Gasteiger partial charge in [-0.3, -0.25) is 0 Å². The highest BCUT2D eigenvalue weighted by Crippen LogP contribution is 2.44. The largest absolute Gasteiger partial charge is 0.311 e. The first-order valence-electron chi connectivity index (χ1n) is 16.5. The molecule has 0 spiro atoms. The number of aromatic nitrogens is 1. The summed E-state index contributed by atoms with van der Waals surface area (Å²) in [4.78, 5) is 2.55. The first-order chi connectivity index (χ1) is 21.2. The Morgan fingerprint density at radius 2 is 1.11 bits per heavy atom. The third-order valence-corrected chi connectivity index (χ3v) is 10.2. The topological polar surface area (TPSA) is 8.17 Å². The second-order valence-corrected chi connectivity index (χ2v) is 16.4. The van der Waals surface area contributed by atoms with Crippen LogP contribution in [0.5, 0.6) is 0 Å². The molecule has 2 nitrogen and oxygen atoms in total. The lowest BCUT2D eigenvalue weighted by molar-refractivity contribution is 0.589. The van der Waals surface area contributed by atoms with E-state index in [2.05, 4.69) is 169 Å². The molecule has 45 heavy (non-hydrogen) atoms. The van der Waals surface area contributed by atoms with E-state index in [1.54, 1.807) is 0 Å². The summed E-state index contributed by atoms with van der Waals surface area (Å²) >= 11 is 0. The van der Waals surface area contributed by atoms with Crippen molar-refractivity contribution in [1.82, 2.24) is 4.57 Å². The van der Waals surface area contributed by atoms with Gasteiger partial charge in [-0.05, 0) is 85.7 Å². The summed E-state index contributed by atoms with van der Waals surface area (Å²) in [5, 5.41) is 2.66. The molecule has 0 saturated carbocycles. The van der Waals surface area contributed by atoms with Gasteiger partial charge < -0.3 is 9.47 Å². The monoisotopic (exact) mass is 586 g/mol. The van der Waals surface area contributed by atoms with Gasteiger partial charge in [0.25, 0.3) is 6.71 Å². The summed E-state index contributed by atoms with van der Waals surface area (Å²) in [5.74, 6) is 0. The van der Waals surface area contributed by atoms with E-state index in [0.717, 1.165) is 0 Å². The molecule has 0 unspecified atom stereocenters. The van der Waals surface area contributed by atoms with Crippen molar-refractivity contribution >= 4 is 62.0 Å². The molecule has 1 aromatic heterocycles. The van der Waals surface area contributed by atoms with E-state index in [1.165, 1.54) is 77.6 Å². The fourth-order valence-corrected chi connectivity index (χ4v) is 7.70. The van der Waals surface area contributed by atoms with Crippen molar-refractivity contribution in [2.75, 3.05) is 4.90 Å². The molecule has 0 saturated heterocycles. The van der Waals surface area contributed by atoms with Gasteiger partial charge in [-0.15, -0.1) is 0 Å². The minimum atomic E-state index is -0.0157. The molecule has 2 aliphatic rings. The number of para-hydroxylation sites is 2. The van der Waals surface area contributed by atoms with Crippen LogP contribution in [-0.2, 0) is 16.2 Å². The quantitative estimate of drug-likeness (QED) is 0.174. The number of rotatable bonds is 1. The van der Waals surface area contributed by atoms with Crippen molar-refractivity contribution in [3.05, 3.63) is 114 Å². The number of benzene rings is 5. The zero-order valence-corrected chi connectivity index (χ0v) is 28.2. The molecule has 0 atom stereocenters. The van der Waals surface area contributed by atoms with Crippen LogP contribution in [-0.4, -0.2) is 11.3 Å². The number of hydrogen-bond acceptors (Lipinski definition) is 1. The average Bonchev–Trinajstić information content (AvgIpc) is 3.33. The second kappa shape index (κ2) is 9.16. The molecule has 5 aromatic carbocycles. The molecular formula is C42H43BN2. The number of fused-ring (bicyclic) bond motifs is 7. The maximum Gasteiger partial charge on any atom is 0.252 e. The summed E-state index contributed by atoms with van der Waals surface area (Å²) in [6.45, 7) is 21.0. The molecule has 0 aliphatic carbocycles. The van der Waals surface area contributed by atoms with Crippen LogP contribution in [0.15, 0.2) is 97.1 Å². The van der Waals surface area contributed by atoms with Gasteiger partial charge in [0.05, 0.1) is 5.52 Å². The van der Waals surface area contributed by atoms with Crippen molar-refractivity contribution in [3.63, 3.8) is 0 Å². The maximum atomic E-state index is 2.57. The Hall–Kier alpha value is -4.24. The van der Waals surface area contributed by atoms with Gasteiger partial charge in [-0.2, -0.15) is 0 Å². The fourth-order valence-electron chi connectivity index (χ4n) is 7.70. The fraction of sp³-hybridized carbons (Fsp3) is 0.286. The Bertz CT molecular complexity index is 2160. The Labute approximate surface area is 268 Å². The van der Waals surface area contributed by atoms with Crippen molar-refractivity contribution < 1.29 is 0 Å². The molecule has 3 heterocycles. The highest BCUT2D eigenvalue weighted by Gasteiger charge is 2.43. The van der Waals surface area contributed by atoms with Gasteiger partial charge >= 0.3 is 0 Å². The molecule has 0 N–H and O–H groups in total. The minimum absolute atomic E-state index is 0.0157.